The van der Waals surface area contributed by atoms with Crippen LogP contribution in [-0.4, -0.2) is 36.2 Å². The summed E-state index contributed by atoms with van der Waals surface area (Å²) in [7, 11) is 1.53. The fourth-order valence-corrected chi connectivity index (χ4v) is 4.14. The van der Waals surface area contributed by atoms with Gasteiger partial charge in [-0.05, 0) is 58.1 Å². The second-order valence-electron chi connectivity index (χ2n) is 9.24. The van der Waals surface area contributed by atoms with E-state index in [0.29, 0.717) is 6.42 Å². The standard InChI is InChI=1S/C24H35NO4/c1-16(2)24(25(15-28-8)22(27)29-23(5,6)7)20-12-10-9-11-19(20)13-17(3)18(4)14-21(24)26/h9-12,16H,13-15H2,1-8H3/b18-17-/t24-/m1/s1. The van der Waals surface area contributed by atoms with Crippen LogP contribution in [0, 0.1) is 5.92 Å². The highest BCUT2D eigenvalue weighted by molar-refractivity contribution is 5.95. The number of rotatable bonds is 4. The topological polar surface area (TPSA) is 55.8 Å². The molecule has 29 heavy (non-hydrogen) atoms. The molecule has 0 fully saturated rings. The van der Waals surface area contributed by atoms with Crippen molar-refractivity contribution in [1.29, 1.82) is 0 Å². The number of hydrogen-bond donors (Lipinski definition) is 0. The lowest BCUT2D eigenvalue weighted by Crippen LogP contribution is -2.59. The van der Waals surface area contributed by atoms with E-state index in [4.69, 9.17) is 9.47 Å². The molecule has 160 valence electrons. The highest BCUT2D eigenvalue weighted by atomic mass is 16.6. The summed E-state index contributed by atoms with van der Waals surface area (Å²) in [4.78, 5) is 28.7. The van der Waals surface area contributed by atoms with Gasteiger partial charge in [-0.25, -0.2) is 4.79 Å². The van der Waals surface area contributed by atoms with Crippen LogP contribution in [0.15, 0.2) is 35.4 Å². The number of amides is 1. The number of ketones is 1. The summed E-state index contributed by atoms with van der Waals surface area (Å²) in [6, 6.07) is 7.92. The molecule has 1 atom stereocenters. The van der Waals surface area contributed by atoms with Crippen LogP contribution in [0.25, 0.3) is 0 Å². The zero-order valence-corrected chi connectivity index (χ0v) is 19.1. The summed E-state index contributed by atoms with van der Waals surface area (Å²) in [5, 5.41) is 0. The molecule has 1 aromatic rings. The Balaban J connectivity index is 2.80. The zero-order valence-electron chi connectivity index (χ0n) is 19.1. The molecule has 0 heterocycles. The van der Waals surface area contributed by atoms with E-state index in [1.807, 2.05) is 65.8 Å². The van der Waals surface area contributed by atoms with Crippen LogP contribution < -0.4 is 0 Å². The van der Waals surface area contributed by atoms with Crippen molar-refractivity contribution >= 4 is 11.9 Å². The molecule has 0 bridgehead atoms. The third-order valence-corrected chi connectivity index (χ3v) is 5.60. The van der Waals surface area contributed by atoms with Crippen LogP contribution in [0.5, 0.6) is 0 Å². The summed E-state index contributed by atoms with van der Waals surface area (Å²) in [6.45, 7) is 13.5. The monoisotopic (exact) mass is 401 g/mol. The van der Waals surface area contributed by atoms with E-state index in [1.165, 1.54) is 17.6 Å². The maximum Gasteiger partial charge on any atom is 0.413 e. The van der Waals surface area contributed by atoms with E-state index < -0.39 is 17.2 Å². The van der Waals surface area contributed by atoms with E-state index in [2.05, 4.69) is 6.92 Å². The van der Waals surface area contributed by atoms with Gasteiger partial charge in [-0.3, -0.25) is 9.69 Å². The summed E-state index contributed by atoms with van der Waals surface area (Å²) in [5.41, 5.74) is 2.30. The van der Waals surface area contributed by atoms with Crippen LogP contribution in [0.1, 0.15) is 66.0 Å². The number of hydrogen-bond acceptors (Lipinski definition) is 4. The van der Waals surface area contributed by atoms with Gasteiger partial charge < -0.3 is 9.47 Å². The van der Waals surface area contributed by atoms with E-state index in [1.54, 1.807) is 0 Å². The number of fused-ring (bicyclic) bond motifs is 1. The highest BCUT2D eigenvalue weighted by Gasteiger charge is 2.52. The number of carbonyl (C=O) groups excluding carboxylic acids is 2. The number of Topliss-reactive ketones (excluding diaryl/α,β-unsaturated/α-hetero) is 1. The predicted octanol–water partition coefficient (Wildman–Crippen LogP) is 5.23. The Hall–Kier alpha value is -2.14. The number of benzene rings is 1. The largest absolute Gasteiger partial charge is 0.444 e. The average Bonchev–Trinajstić information content (AvgIpc) is 2.60. The van der Waals surface area contributed by atoms with E-state index in [-0.39, 0.29) is 18.4 Å². The Kier molecular flexibility index (Phi) is 6.94. The van der Waals surface area contributed by atoms with Crippen LogP contribution in [0.3, 0.4) is 0 Å². The Morgan fingerprint density at radius 3 is 2.28 bits per heavy atom. The molecule has 0 aliphatic heterocycles. The maximum absolute atomic E-state index is 13.9. The van der Waals surface area contributed by atoms with Gasteiger partial charge in [-0.15, -0.1) is 0 Å². The summed E-state index contributed by atoms with van der Waals surface area (Å²) in [5.74, 6) is -0.190. The molecule has 0 spiro atoms. The third-order valence-electron chi connectivity index (χ3n) is 5.60. The second kappa shape index (κ2) is 8.70. The number of allylic oxidation sites excluding steroid dienone is 2. The molecule has 5 nitrogen and oxygen atoms in total. The molecule has 5 heteroatoms. The molecule has 1 aliphatic carbocycles. The molecular weight excluding hydrogens is 366 g/mol. The lowest BCUT2D eigenvalue weighted by Gasteiger charge is -2.47. The molecule has 1 amide bonds. The second-order valence-corrected chi connectivity index (χ2v) is 9.24. The van der Waals surface area contributed by atoms with Crippen molar-refractivity contribution in [3.05, 3.63) is 46.5 Å². The van der Waals surface area contributed by atoms with Gasteiger partial charge in [0, 0.05) is 13.5 Å². The van der Waals surface area contributed by atoms with Crippen LogP contribution >= 0.6 is 0 Å². The van der Waals surface area contributed by atoms with Gasteiger partial charge in [0.15, 0.2) is 5.78 Å². The number of carbonyl (C=O) groups is 2. The Labute approximate surface area is 175 Å². The lowest BCUT2D eigenvalue weighted by atomic mass is 9.70. The van der Waals surface area contributed by atoms with Crippen molar-refractivity contribution in [1.82, 2.24) is 4.90 Å². The lowest BCUT2D eigenvalue weighted by molar-refractivity contribution is -0.139. The molecule has 0 unspecified atom stereocenters. The van der Waals surface area contributed by atoms with Crippen molar-refractivity contribution in [3.63, 3.8) is 0 Å². The molecular formula is C24H35NO4. The fourth-order valence-electron chi connectivity index (χ4n) is 4.14. The van der Waals surface area contributed by atoms with Gasteiger partial charge in [0.25, 0.3) is 0 Å². The normalized spacial score (nSPS) is 22.7. The zero-order chi connectivity index (χ0) is 22.0. The SMILES string of the molecule is COCN(C(=O)OC(C)(C)C)[C@@]1(C(C)C)C(=O)C/C(C)=C(/C)Cc2ccccc21. The minimum absolute atomic E-state index is 0.0144. The van der Waals surface area contributed by atoms with E-state index >= 15 is 0 Å². The van der Waals surface area contributed by atoms with Gasteiger partial charge in [0.1, 0.15) is 17.9 Å². The molecule has 0 saturated carbocycles. The van der Waals surface area contributed by atoms with Crippen molar-refractivity contribution in [2.24, 2.45) is 5.92 Å². The molecule has 0 saturated heterocycles. The summed E-state index contributed by atoms with van der Waals surface area (Å²) < 4.78 is 11.1. The number of nitrogens with zero attached hydrogens (tertiary/aromatic N) is 1. The van der Waals surface area contributed by atoms with Gasteiger partial charge in [0.2, 0.25) is 0 Å². The third kappa shape index (κ3) is 4.55. The van der Waals surface area contributed by atoms with Gasteiger partial charge in [0.05, 0.1) is 0 Å². The highest BCUT2D eigenvalue weighted by Crippen LogP contribution is 2.43. The fraction of sp³-hybridized carbons (Fsp3) is 0.583. The molecule has 0 N–H and O–H groups in total. The first-order valence-corrected chi connectivity index (χ1v) is 10.2. The number of methoxy groups -OCH3 is 1. The first kappa shape index (κ1) is 23.1. The van der Waals surface area contributed by atoms with Gasteiger partial charge >= 0.3 is 6.09 Å². The van der Waals surface area contributed by atoms with E-state index in [9.17, 15) is 9.59 Å². The predicted molar refractivity (Wildman–Crippen MR) is 115 cm³/mol. The Morgan fingerprint density at radius 1 is 1.14 bits per heavy atom. The summed E-state index contributed by atoms with van der Waals surface area (Å²) >= 11 is 0. The molecule has 2 rings (SSSR count). The van der Waals surface area contributed by atoms with E-state index in [0.717, 1.165) is 23.1 Å². The average molecular weight is 402 g/mol. The van der Waals surface area contributed by atoms with Gasteiger partial charge in [-0.1, -0.05) is 49.3 Å². The van der Waals surface area contributed by atoms with Crippen LogP contribution in [0.2, 0.25) is 0 Å². The minimum atomic E-state index is -1.17. The van der Waals surface area contributed by atoms with Crippen molar-refractivity contribution in [2.75, 3.05) is 13.8 Å². The van der Waals surface area contributed by atoms with Crippen LogP contribution in [0.4, 0.5) is 4.79 Å². The Morgan fingerprint density at radius 2 is 1.72 bits per heavy atom. The Bertz CT molecular complexity index is 803. The smallest absolute Gasteiger partial charge is 0.413 e. The quantitative estimate of drug-likeness (QED) is 0.512. The minimum Gasteiger partial charge on any atom is -0.444 e. The maximum atomic E-state index is 13.9. The van der Waals surface area contributed by atoms with Crippen molar-refractivity contribution < 1.29 is 19.1 Å². The molecule has 0 radical (unpaired) electrons. The van der Waals surface area contributed by atoms with Crippen LogP contribution in [-0.2, 0) is 26.2 Å². The van der Waals surface area contributed by atoms with Gasteiger partial charge in [-0.2, -0.15) is 0 Å². The first-order valence-electron chi connectivity index (χ1n) is 10.2. The van der Waals surface area contributed by atoms with Crippen molar-refractivity contribution in [2.45, 2.75) is 72.4 Å². The molecule has 0 aromatic heterocycles. The first-order chi connectivity index (χ1) is 13.4. The molecule has 1 aromatic carbocycles. The summed E-state index contributed by atoms with van der Waals surface area (Å²) in [6.07, 6.45) is 0.496. The number of ether oxygens (including phenoxy) is 2. The molecule has 1 aliphatic rings. The van der Waals surface area contributed by atoms with Crippen molar-refractivity contribution in [3.8, 4) is 0 Å².